The van der Waals surface area contributed by atoms with Gasteiger partial charge < -0.3 is 15.0 Å². The second-order valence-corrected chi connectivity index (χ2v) is 5.15. The Kier molecular flexibility index (Phi) is 4.10. The summed E-state index contributed by atoms with van der Waals surface area (Å²) in [5.74, 6) is -0.516. The SMILES string of the molecule is COC(=O)Cc1cccc(NC(=O)c2cccc3cc[nH]c23)c1. The van der Waals surface area contributed by atoms with Crippen molar-refractivity contribution in [2.45, 2.75) is 6.42 Å². The van der Waals surface area contributed by atoms with Crippen molar-refractivity contribution in [3.63, 3.8) is 0 Å². The van der Waals surface area contributed by atoms with Crippen LogP contribution >= 0.6 is 0 Å². The van der Waals surface area contributed by atoms with Gasteiger partial charge in [-0.25, -0.2) is 0 Å². The molecule has 0 fully saturated rings. The van der Waals surface area contributed by atoms with Crippen LogP contribution in [0.3, 0.4) is 0 Å². The molecule has 0 saturated carbocycles. The number of aromatic amines is 1. The number of para-hydroxylation sites is 1. The summed E-state index contributed by atoms with van der Waals surface area (Å²) in [5.41, 5.74) is 2.80. The first-order valence-corrected chi connectivity index (χ1v) is 7.20. The molecule has 3 aromatic rings. The van der Waals surface area contributed by atoms with Crippen molar-refractivity contribution in [3.8, 4) is 0 Å². The number of benzene rings is 2. The number of hydrogen-bond donors (Lipinski definition) is 2. The molecular formula is C18H16N2O3. The number of amides is 1. The van der Waals surface area contributed by atoms with Crippen LogP contribution in [0.15, 0.2) is 54.7 Å². The lowest BCUT2D eigenvalue weighted by Crippen LogP contribution is -2.13. The number of methoxy groups -OCH3 is 1. The molecule has 1 heterocycles. The zero-order valence-electron chi connectivity index (χ0n) is 12.6. The second-order valence-electron chi connectivity index (χ2n) is 5.15. The van der Waals surface area contributed by atoms with Gasteiger partial charge in [-0.15, -0.1) is 0 Å². The van der Waals surface area contributed by atoms with Crippen molar-refractivity contribution in [2.75, 3.05) is 12.4 Å². The van der Waals surface area contributed by atoms with Crippen LogP contribution in [0.25, 0.3) is 10.9 Å². The van der Waals surface area contributed by atoms with Crippen molar-refractivity contribution in [1.82, 2.24) is 4.98 Å². The summed E-state index contributed by atoms with van der Waals surface area (Å²) in [4.78, 5) is 26.9. The van der Waals surface area contributed by atoms with E-state index in [1.165, 1.54) is 7.11 Å². The number of esters is 1. The molecule has 1 amide bonds. The molecule has 0 bridgehead atoms. The molecule has 5 heteroatoms. The minimum atomic E-state index is -0.315. The molecule has 2 aromatic carbocycles. The standard InChI is InChI=1S/C18H16N2O3/c1-23-16(21)11-12-4-2-6-14(10-12)20-18(22)15-7-3-5-13-8-9-19-17(13)15/h2-10,19H,11H2,1H3,(H,20,22). The summed E-state index contributed by atoms with van der Waals surface area (Å²) in [7, 11) is 1.35. The van der Waals surface area contributed by atoms with E-state index in [0.717, 1.165) is 16.5 Å². The first-order valence-electron chi connectivity index (χ1n) is 7.20. The molecule has 0 aliphatic rings. The van der Waals surface area contributed by atoms with Gasteiger partial charge in [0, 0.05) is 17.3 Å². The smallest absolute Gasteiger partial charge is 0.309 e. The number of ether oxygens (including phenoxy) is 1. The highest BCUT2D eigenvalue weighted by Crippen LogP contribution is 2.19. The summed E-state index contributed by atoms with van der Waals surface area (Å²) in [6.45, 7) is 0. The maximum Gasteiger partial charge on any atom is 0.309 e. The van der Waals surface area contributed by atoms with Gasteiger partial charge in [0.05, 0.1) is 24.6 Å². The maximum absolute atomic E-state index is 12.5. The predicted molar refractivity (Wildman–Crippen MR) is 88.4 cm³/mol. The van der Waals surface area contributed by atoms with E-state index in [4.69, 9.17) is 0 Å². The van der Waals surface area contributed by atoms with Gasteiger partial charge in [0.1, 0.15) is 0 Å². The predicted octanol–water partition coefficient (Wildman–Crippen LogP) is 3.14. The Balaban J connectivity index is 1.81. The lowest BCUT2D eigenvalue weighted by atomic mass is 10.1. The van der Waals surface area contributed by atoms with E-state index < -0.39 is 0 Å². The van der Waals surface area contributed by atoms with Crippen molar-refractivity contribution < 1.29 is 14.3 Å². The topological polar surface area (TPSA) is 71.2 Å². The number of rotatable bonds is 4. The molecule has 0 radical (unpaired) electrons. The summed E-state index contributed by atoms with van der Waals surface area (Å²) in [6.07, 6.45) is 1.98. The monoisotopic (exact) mass is 308 g/mol. The molecule has 0 aliphatic carbocycles. The number of aromatic nitrogens is 1. The first-order chi connectivity index (χ1) is 11.2. The van der Waals surface area contributed by atoms with Crippen LogP contribution in [0.5, 0.6) is 0 Å². The third-order valence-electron chi connectivity index (χ3n) is 3.59. The fourth-order valence-electron chi connectivity index (χ4n) is 2.47. The van der Waals surface area contributed by atoms with Crippen molar-refractivity contribution in [2.24, 2.45) is 0 Å². The number of fused-ring (bicyclic) bond motifs is 1. The van der Waals surface area contributed by atoms with Crippen LogP contribution in [0.4, 0.5) is 5.69 Å². The number of carbonyl (C=O) groups excluding carboxylic acids is 2. The normalized spacial score (nSPS) is 10.5. The van der Waals surface area contributed by atoms with E-state index in [9.17, 15) is 9.59 Å². The Morgan fingerprint density at radius 1 is 1.13 bits per heavy atom. The molecular weight excluding hydrogens is 292 g/mol. The highest BCUT2D eigenvalue weighted by Gasteiger charge is 2.11. The molecule has 0 atom stereocenters. The van der Waals surface area contributed by atoms with Crippen LogP contribution < -0.4 is 5.32 Å². The quantitative estimate of drug-likeness (QED) is 0.727. The van der Waals surface area contributed by atoms with Crippen LogP contribution in [0.1, 0.15) is 15.9 Å². The Hall–Kier alpha value is -3.08. The van der Waals surface area contributed by atoms with Crippen LogP contribution in [0, 0.1) is 0 Å². The molecule has 1 aromatic heterocycles. The van der Waals surface area contributed by atoms with Gasteiger partial charge in [-0.2, -0.15) is 0 Å². The Morgan fingerprint density at radius 3 is 2.78 bits per heavy atom. The fourth-order valence-corrected chi connectivity index (χ4v) is 2.47. The zero-order chi connectivity index (χ0) is 16.2. The van der Waals surface area contributed by atoms with Gasteiger partial charge in [-0.05, 0) is 29.8 Å². The summed E-state index contributed by atoms with van der Waals surface area (Å²) in [5, 5.41) is 3.84. The number of nitrogens with one attached hydrogen (secondary N) is 2. The average Bonchev–Trinajstić information content (AvgIpc) is 3.03. The average molecular weight is 308 g/mol. The third-order valence-corrected chi connectivity index (χ3v) is 3.59. The second kappa shape index (κ2) is 6.36. The molecule has 116 valence electrons. The van der Waals surface area contributed by atoms with Crippen molar-refractivity contribution in [3.05, 3.63) is 65.9 Å². The van der Waals surface area contributed by atoms with Crippen LogP contribution in [-0.2, 0) is 16.0 Å². The molecule has 5 nitrogen and oxygen atoms in total. The maximum atomic E-state index is 12.5. The van der Waals surface area contributed by atoms with E-state index in [2.05, 4.69) is 15.0 Å². The van der Waals surface area contributed by atoms with Gasteiger partial charge in [0.2, 0.25) is 0 Å². The molecule has 0 spiro atoms. The number of H-pyrrole nitrogens is 1. The molecule has 2 N–H and O–H groups in total. The fraction of sp³-hybridized carbons (Fsp3) is 0.111. The van der Waals surface area contributed by atoms with Gasteiger partial charge in [0.25, 0.3) is 5.91 Å². The number of hydrogen-bond acceptors (Lipinski definition) is 3. The Bertz CT molecular complexity index is 867. The minimum Gasteiger partial charge on any atom is -0.469 e. The number of anilines is 1. The minimum absolute atomic E-state index is 0.173. The van der Waals surface area contributed by atoms with Crippen molar-refractivity contribution >= 4 is 28.5 Å². The third kappa shape index (κ3) is 3.23. The zero-order valence-corrected chi connectivity index (χ0v) is 12.6. The summed E-state index contributed by atoms with van der Waals surface area (Å²) < 4.78 is 4.65. The molecule has 23 heavy (non-hydrogen) atoms. The van der Waals surface area contributed by atoms with Gasteiger partial charge in [-0.1, -0.05) is 24.3 Å². The molecule has 0 saturated heterocycles. The number of carbonyl (C=O) groups is 2. The largest absolute Gasteiger partial charge is 0.469 e. The van der Waals surface area contributed by atoms with E-state index in [1.807, 2.05) is 24.3 Å². The highest BCUT2D eigenvalue weighted by molar-refractivity contribution is 6.12. The van der Waals surface area contributed by atoms with Crippen LogP contribution in [0.2, 0.25) is 0 Å². The summed E-state index contributed by atoms with van der Waals surface area (Å²) in [6, 6.07) is 14.6. The van der Waals surface area contributed by atoms with Crippen LogP contribution in [-0.4, -0.2) is 24.0 Å². The Morgan fingerprint density at radius 2 is 1.96 bits per heavy atom. The molecule has 0 aliphatic heterocycles. The van der Waals surface area contributed by atoms with E-state index in [1.54, 1.807) is 30.5 Å². The lowest BCUT2D eigenvalue weighted by molar-refractivity contribution is -0.139. The highest BCUT2D eigenvalue weighted by atomic mass is 16.5. The van der Waals surface area contributed by atoms with E-state index in [-0.39, 0.29) is 18.3 Å². The molecule has 0 unspecified atom stereocenters. The molecule has 3 rings (SSSR count). The van der Waals surface area contributed by atoms with Gasteiger partial charge in [-0.3, -0.25) is 9.59 Å². The van der Waals surface area contributed by atoms with Crippen molar-refractivity contribution in [1.29, 1.82) is 0 Å². The van der Waals surface area contributed by atoms with Gasteiger partial charge >= 0.3 is 5.97 Å². The lowest BCUT2D eigenvalue weighted by Gasteiger charge is -2.08. The van der Waals surface area contributed by atoms with E-state index >= 15 is 0 Å². The first kappa shape index (κ1) is 14.8. The summed E-state index contributed by atoms with van der Waals surface area (Å²) >= 11 is 0. The Labute approximate surface area is 133 Å². The van der Waals surface area contributed by atoms with E-state index in [0.29, 0.717) is 11.3 Å². The van der Waals surface area contributed by atoms with Gasteiger partial charge in [0.15, 0.2) is 0 Å².